The normalized spacial score (nSPS) is 11.2. The topological polar surface area (TPSA) is 43.2 Å². The Morgan fingerprint density at radius 1 is 0.526 bits per heavy atom. The van der Waals surface area contributed by atoms with Crippen molar-refractivity contribution in [1.82, 2.24) is 0 Å². The van der Waals surface area contributed by atoms with Crippen molar-refractivity contribution in [2.45, 2.75) is 0 Å². The van der Waals surface area contributed by atoms with Gasteiger partial charge in [0, 0.05) is 23.6 Å². The molecule has 0 bridgehead atoms. The highest BCUT2D eigenvalue weighted by Crippen LogP contribution is 2.21. The van der Waals surface area contributed by atoms with Crippen LogP contribution in [0.2, 0.25) is 0 Å². The van der Waals surface area contributed by atoms with Crippen LogP contribution in [0.15, 0.2) is 119 Å². The van der Waals surface area contributed by atoms with E-state index in [0.29, 0.717) is 0 Å². The minimum atomic E-state index is 0.815. The molecule has 4 nitrogen and oxygen atoms in total. The molecular formula is C32H26N2O2S2. The molecule has 1 heterocycles. The van der Waals surface area contributed by atoms with E-state index in [2.05, 4.69) is 48.5 Å². The smallest absolute Gasteiger partial charge is 0.119 e. The monoisotopic (exact) mass is 534 g/mol. The molecule has 0 fully saturated rings. The molecule has 5 rings (SSSR count). The lowest BCUT2D eigenvalue weighted by atomic mass is 10.1. The Labute approximate surface area is 230 Å². The summed E-state index contributed by atoms with van der Waals surface area (Å²) in [5.41, 5.74) is 6.21. The second-order valence-electron chi connectivity index (χ2n) is 8.25. The largest absolute Gasteiger partial charge is 0.497 e. The number of rotatable bonds is 8. The number of ether oxygens (including phenoxy) is 2. The molecule has 0 aliphatic heterocycles. The lowest BCUT2D eigenvalue weighted by Gasteiger charge is -2.07. The van der Waals surface area contributed by atoms with Crippen molar-refractivity contribution >= 4 is 57.6 Å². The summed E-state index contributed by atoms with van der Waals surface area (Å²) in [4.78, 5) is 9.52. The SMILES string of the molecule is COc1ccc(N=CC(c2ccccc2)=c2sc(=C(C=Nc3ccc(OC)cc3)c3ccccc3)s2)cc1. The Morgan fingerprint density at radius 3 is 1.24 bits per heavy atom. The van der Waals surface area contributed by atoms with Gasteiger partial charge in [0.05, 0.1) is 33.3 Å². The summed E-state index contributed by atoms with van der Waals surface area (Å²) < 4.78 is 12.9. The Morgan fingerprint density at radius 2 is 0.895 bits per heavy atom. The Bertz CT molecular complexity index is 1510. The zero-order chi connectivity index (χ0) is 26.2. The Balaban J connectivity index is 1.58. The van der Waals surface area contributed by atoms with E-state index in [1.54, 1.807) is 36.9 Å². The fourth-order valence-corrected chi connectivity index (χ4v) is 5.96. The number of benzene rings is 4. The van der Waals surface area contributed by atoms with Gasteiger partial charge in [0.1, 0.15) is 11.5 Å². The van der Waals surface area contributed by atoms with Gasteiger partial charge < -0.3 is 9.47 Å². The van der Waals surface area contributed by atoms with Crippen molar-refractivity contribution in [2.75, 3.05) is 14.2 Å². The molecule has 1 aromatic heterocycles. The molecule has 0 N–H and O–H groups in total. The van der Waals surface area contributed by atoms with Gasteiger partial charge in [-0.1, -0.05) is 60.7 Å². The first-order chi connectivity index (χ1) is 18.7. The summed E-state index contributed by atoms with van der Waals surface area (Å²) in [5, 5.41) is 0. The zero-order valence-corrected chi connectivity index (χ0v) is 22.7. The highest BCUT2D eigenvalue weighted by atomic mass is 32.2. The van der Waals surface area contributed by atoms with E-state index in [9.17, 15) is 0 Å². The number of hydrogen-bond donors (Lipinski definition) is 0. The van der Waals surface area contributed by atoms with Crippen LogP contribution in [0, 0.1) is 0 Å². The zero-order valence-electron chi connectivity index (χ0n) is 21.1. The third kappa shape index (κ3) is 6.17. The average Bonchev–Trinajstić information content (AvgIpc) is 2.97. The van der Waals surface area contributed by atoms with E-state index in [1.165, 1.54) is 7.69 Å². The van der Waals surface area contributed by atoms with Crippen LogP contribution < -0.4 is 17.2 Å². The highest BCUT2D eigenvalue weighted by molar-refractivity contribution is 7.36. The van der Waals surface area contributed by atoms with Crippen LogP contribution in [0.1, 0.15) is 11.1 Å². The summed E-state index contributed by atoms with van der Waals surface area (Å²) in [6.45, 7) is 0. The maximum absolute atomic E-state index is 5.27. The average molecular weight is 535 g/mol. The molecule has 0 atom stereocenters. The summed E-state index contributed by atoms with van der Waals surface area (Å²) in [6.07, 6.45) is 3.91. The van der Waals surface area contributed by atoms with E-state index in [4.69, 9.17) is 19.5 Å². The second kappa shape index (κ2) is 12.3. The molecule has 0 spiro atoms. The van der Waals surface area contributed by atoms with E-state index in [1.807, 2.05) is 73.1 Å². The van der Waals surface area contributed by atoms with E-state index < -0.39 is 0 Å². The molecule has 0 aliphatic rings. The standard InChI is InChI=1S/C32H26N2O2S2/c1-35-27-17-13-25(14-18-27)33-21-29(23-9-5-3-6-10-23)31-37-32(38-31)30(24-11-7-4-8-12-24)22-34-26-15-19-28(36-2)20-16-26/h3-22H,1-2H3. The van der Waals surface area contributed by atoms with Gasteiger partial charge in [0.25, 0.3) is 0 Å². The van der Waals surface area contributed by atoms with Crippen molar-refractivity contribution in [2.24, 2.45) is 9.98 Å². The lowest BCUT2D eigenvalue weighted by molar-refractivity contribution is 0.415. The Hall–Kier alpha value is -4.26. The van der Waals surface area contributed by atoms with Gasteiger partial charge in [-0.05, 0) is 59.7 Å². The number of hydrogen-bond acceptors (Lipinski definition) is 6. The maximum atomic E-state index is 5.27. The minimum absolute atomic E-state index is 0.815. The van der Waals surface area contributed by atoms with Crippen molar-refractivity contribution in [3.63, 3.8) is 0 Å². The van der Waals surface area contributed by atoms with Gasteiger partial charge in [0.15, 0.2) is 0 Å². The van der Waals surface area contributed by atoms with Crippen molar-refractivity contribution in [1.29, 1.82) is 0 Å². The lowest BCUT2D eigenvalue weighted by Crippen LogP contribution is -2.18. The predicted molar refractivity (Wildman–Crippen MR) is 162 cm³/mol. The number of methoxy groups -OCH3 is 2. The van der Waals surface area contributed by atoms with Gasteiger partial charge in [-0.2, -0.15) is 0 Å². The first-order valence-corrected chi connectivity index (χ1v) is 13.7. The van der Waals surface area contributed by atoms with Gasteiger partial charge in [-0.15, -0.1) is 22.7 Å². The van der Waals surface area contributed by atoms with Gasteiger partial charge in [-0.3, -0.25) is 9.98 Å². The van der Waals surface area contributed by atoms with Crippen molar-refractivity contribution in [3.8, 4) is 11.5 Å². The fourth-order valence-electron chi connectivity index (χ4n) is 3.74. The quantitative estimate of drug-likeness (QED) is 0.201. The third-order valence-corrected chi connectivity index (χ3v) is 8.43. The summed E-state index contributed by atoms with van der Waals surface area (Å²) in [6, 6.07) is 36.3. The molecule has 6 heteroatoms. The van der Waals surface area contributed by atoms with Crippen molar-refractivity contribution in [3.05, 3.63) is 128 Å². The summed E-state index contributed by atoms with van der Waals surface area (Å²) in [5.74, 6) is 1.63. The molecule has 4 aromatic carbocycles. The van der Waals surface area contributed by atoms with Gasteiger partial charge in [-0.25, -0.2) is 0 Å². The van der Waals surface area contributed by atoms with Crippen LogP contribution in [0.4, 0.5) is 11.4 Å². The van der Waals surface area contributed by atoms with Crippen LogP contribution in [-0.2, 0) is 0 Å². The van der Waals surface area contributed by atoms with E-state index >= 15 is 0 Å². The molecule has 0 amide bonds. The molecule has 0 aliphatic carbocycles. The first kappa shape index (κ1) is 25.4. The number of aliphatic imine (C=N–C) groups is 2. The van der Waals surface area contributed by atoms with Crippen LogP contribution in [0.25, 0.3) is 11.1 Å². The van der Waals surface area contributed by atoms with Crippen molar-refractivity contribution < 1.29 is 9.47 Å². The second-order valence-corrected chi connectivity index (χ2v) is 10.8. The highest BCUT2D eigenvalue weighted by Gasteiger charge is 2.09. The van der Waals surface area contributed by atoms with Crippen LogP contribution in [-0.4, -0.2) is 26.6 Å². The molecule has 0 radical (unpaired) electrons. The summed E-state index contributed by atoms with van der Waals surface area (Å²) >= 11 is 3.52. The van der Waals surface area contributed by atoms with Gasteiger partial charge in [0.2, 0.25) is 0 Å². The maximum Gasteiger partial charge on any atom is 0.119 e. The minimum Gasteiger partial charge on any atom is -0.497 e. The molecule has 188 valence electrons. The van der Waals surface area contributed by atoms with Gasteiger partial charge >= 0.3 is 0 Å². The van der Waals surface area contributed by atoms with Crippen LogP contribution >= 0.6 is 22.7 Å². The van der Waals surface area contributed by atoms with E-state index in [-0.39, 0.29) is 0 Å². The fraction of sp³-hybridized carbons (Fsp3) is 0.0625. The first-order valence-electron chi connectivity index (χ1n) is 12.0. The number of nitrogens with zero attached hydrogens (tertiary/aromatic N) is 2. The Kier molecular flexibility index (Phi) is 8.23. The predicted octanol–water partition coefficient (Wildman–Crippen LogP) is 7.03. The third-order valence-electron chi connectivity index (χ3n) is 5.81. The van der Waals surface area contributed by atoms with Crippen LogP contribution in [0.5, 0.6) is 11.5 Å². The molecular weight excluding hydrogens is 508 g/mol. The molecule has 0 saturated heterocycles. The van der Waals surface area contributed by atoms with E-state index in [0.717, 1.165) is 45.1 Å². The molecule has 38 heavy (non-hydrogen) atoms. The molecule has 0 unspecified atom stereocenters. The molecule has 0 saturated carbocycles. The molecule has 5 aromatic rings. The summed E-state index contributed by atoms with van der Waals surface area (Å²) in [7, 11) is 3.33. The van der Waals surface area contributed by atoms with Crippen LogP contribution in [0.3, 0.4) is 0 Å².